The largest absolute Gasteiger partial charge is 0.443 e. The average molecular weight is 319 g/mol. The zero-order valence-corrected chi connectivity index (χ0v) is 14.1. The maximum atomic E-state index is 12.1. The van der Waals surface area contributed by atoms with Crippen molar-refractivity contribution in [1.82, 2.24) is 5.32 Å². The van der Waals surface area contributed by atoms with E-state index in [-0.39, 0.29) is 12.2 Å². The summed E-state index contributed by atoms with van der Waals surface area (Å²) in [6.07, 6.45) is -0.352. The van der Waals surface area contributed by atoms with Crippen molar-refractivity contribution in [3.8, 4) is 0 Å². The highest BCUT2D eigenvalue weighted by atomic mass is 16.6. The van der Waals surface area contributed by atoms with Crippen LogP contribution in [0.3, 0.4) is 0 Å². The minimum atomic E-state index is -0.261. The number of ether oxygens (including phenoxy) is 2. The molecule has 3 rings (SSSR count). The molecule has 2 fully saturated rings. The van der Waals surface area contributed by atoms with Gasteiger partial charge in [0.1, 0.15) is 6.10 Å². The van der Waals surface area contributed by atoms with E-state index in [1.54, 1.807) is 4.90 Å². The summed E-state index contributed by atoms with van der Waals surface area (Å²) in [7, 11) is 1.86. The second kappa shape index (κ2) is 6.76. The van der Waals surface area contributed by atoms with E-state index in [0.29, 0.717) is 13.1 Å². The topological polar surface area (TPSA) is 54.0 Å². The Labute approximate surface area is 137 Å². The second-order valence-corrected chi connectivity index (χ2v) is 6.20. The first-order valence-electron chi connectivity index (χ1n) is 8.17. The summed E-state index contributed by atoms with van der Waals surface area (Å²) in [6.45, 7) is 8.84. The molecule has 1 atom stereocenters. The number of nitrogens with one attached hydrogen (secondary N) is 1. The fraction of sp³-hybridized carbons (Fsp3) is 0.588. The Morgan fingerprint density at radius 2 is 1.87 bits per heavy atom. The van der Waals surface area contributed by atoms with Gasteiger partial charge >= 0.3 is 6.09 Å². The molecular formula is C17H25N3O3. The third-order valence-electron chi connectivity index (χ3n) is 4.42. The Hall–Kier alpha value is -1.79. The average Bonchev–Trinajstić information content (AvgIpc) is 2.89. The third-order valence-corrected chi connectivity index (χ3v) is 4.42. The SMILES string of the molecule is CNC[C@H]1CN(c2cc(C)c(N3CCOCC3)c(C)c2)C(=O)O1. The van der Waals surface area contributed by atoms with Crippen LogP contribution in [0.15, 0.2) is 12.1 Å². The van der Waals surface area contributed by atoms with Crippen LogP contribution in [0.4, 0.5) is 16.2 Å². The molecule has 2 heterocycles. The van der Waals surface area contributed by atoms with Crippen molar-refractivity contribution in [2.75, 3.05) is 56.2 Å². The number of likely N-dealkylation sites (N-methyl/N-ethyl adjacent to an activating group) is 1. The molecule has 1 amide bonds. The minimum Gasteiger partial charge on any atom is -0.443 e. The minimum absolute atomic E-state index is 0.0907. The lowest BCUT2D eigenvalue weighted by Crippen LogP contribution is -2.37. The van der Waals surface area contributed by atoms with Gasteiger partial charge in [0.05, 0.1) is 19.8 Å². The summed E-state index contributed by atoms with van der Waals surface area (Å²) in [5.41, 5.74) is 4.55. The van der Waals surface area contributed by atoms with Crippen LogP contribution >= 0.6 is 0 Å². The van der Waals surface area contributed by atoms with Gasteiger partial charge in [0.15, 0.2) is 0 Å². The number of carbonyl (C=O) groups is 1. The van der Waals surface area contributed by atoms with Gasteiger partial charge in [-0.15, -0.1) is 0 Å². The van der Waals surface area contributed by atoms with E-state index >= 15 is 0 Å². The molecule has 6 nitrogen and oxygen atoms in total. The lowest BCUT2D eigenvalue weighted by molar-refractivity contribution is 0.122. The highest BCUT2D eigenvalue weighted by Gasteiger charge is 2.32. The molecule has 0 radical (unpaired) electrons. The Morgan fingerprint density at radius 3 is 2.48 bits per heavy atom. The van der Waals surface area contributed by atoms with Gasteiger partial charge < -0.3 is 19.7 Å². The Balaban J connectivity index is 1.83. The van der Waals surface area contributed by atoms with Crippen LogP contribution in [-0.2, 0) is 9.47 Å². The summed E-state index contributed by atoms with van der Waals surface area (Å²) < 4.78 is 10.8. The molecule has 2 aliphatic rings. The van der Waals surface area contributed by atoms with Crippen molar-refractivity contribution in [3.63, 3.8) is 0 Å². The molecule has 2 aliphatic heterocycles. The fourth-order valence-corrected chi connectivity index (χ4v) is 3.44. The number of benzene rings is 1. The molecule has 1 N–H and O–H groups in total. The van der Waals surface area contributed by atoms with Gasteiger partial charge in [-0.05, 0) is 44.2 Å². The van der Waals surface area contributed by atoms with E-state index < -0.39 is 0 Å². The van der Waals surface area contributed by atoms with Crippen molar-refractivity contribution >= 4 is 17.5 Å². The number of anilines is 2. The molecule has 6 heteroatoms. The molecule has 1 aromatic rings. The van der Waals surface area contributed by atoms with E-state index in [1.807, 2.05) is 7.05 Å². The molecule has 23 heavy (non-hydrogen) atoms. The molecule has 126 valence electrons. The summed E-state index contributed by atoms with van der Waals surface area (Å²) in [5, 5.41) is 3.05. The number of hydrogen-bond acceptors (Lipinski definition) is 5. The van der Waals surface area contributed by atoms with Gasteiger partial charge in [-0.2, -0.15) is 0 Å². The van der Waals surface area contributed by atoms with Gasteiger partial charge in [-0.1, -0.05) is 0 Å². The number of nitrogens with zero attached hydrogens (tertiary/aromatic N) is 2. The monoisotopic (exact) mass is 319 g/mol. The van der Waals surface area contributed by atoms with Gasteiger partial charge in [0, 0.05) is 31.0 Å². The molecule has 0 spiro atoms. The van der Waals surface area contributed by atoms with Gasteiger partial charge in [0.25, 0.3) is 0 Å². The molecule has 0 aliphatic carbocycles. The van der Waals surface area contributed by atoms with Crippen molar-refractivity contribution in [1.29, 1.82) is 0 Å². The molecule has 0 saturated carbocycles. The third kappa shape index (κ3) is 3.28. The number of aryl methyl sites for hydroxylation is 2. The number of rotatable bonds is 4. The predicted octanol–water partition coefficient (Wildman–Crippen LogP) is 1.68. The first kappa shape index (κ1) is 16.1. The highest BCUT2D eigenvalue weighted by Crippen LogP contribution is 2.32. The van der Waals surface area contributed by atoms with E-state index in [0.717, 1.165) is 32.0 Å². The molecular weight excluding hydrogens is 294 g/mol. The standard InChI is InChI=1S/C17H25N3O3/c1-12-8-14(20-11-15(10-18-3)23-17(20)21)9-13(2)16(12)19-4-6-22-7-5-19/h8-9,15,18H,4-7,10-11H2,1-3H3/t15-/m0/s1. The van der Waals surface area contributed by atoms with Gasteiger partial charge in [-0.25, -0.2) is 4.79 Å². The first-order chi connectivity index (χ1) is 11.1. The van der Waals surface area contributed by atoms with Crippen LogP contribution in [0, 0.1) is 13.8 Å². The van der Waals surface area contributed by atoms with E-state index in [2.05, 4.69) is 36.2 Å². The molecule has 1 aromatic carbocycles. The van der Waals surface area contributed by atoms with Gasteiger partial charge in [0.2, 0.25) is 0 Å². The first-order valence-corrected chi connectivity index (χ1v) is 8.17. The van der Waals surface area contributed by atoms with Crippen LogP contribution in [-0.4, -0.2) is 58.6 Å². The van der Waals surface area contributed by atoms with Crippen molar-refractivity contribution < 1.29 is 14.3 Å². The van der Waals surface area contributed by atoms with Gasteiger partial charge in [-0.3, -0.25) is 4.90 Å². The maximum absolute atomic E-state index is 12.1. The quantitative estimate of drug-likeness (QED) is 0.915. The Kier molecular flexibility index (Phi) is 4.73. The maximum Gasteiger partial charge on any atom is 0.414 e. The van der Waals surface area contributed by atoms with E-state index in [1.165, 1.54) is 16.8 Å². The lowest BCUT2D eigenvalue weighted by atomic mass is 10.1. The van der Waals surface area contributed by atoms with Crippen molar-refractivity contribution in [2.24, 2.45) is 0 Å². The number of morpholine rings is 1. The summed E-state index contributed by atoms with van der Waals surface area (Å²) in [5.74, 6) is 0. The smallest absolute Gasteiger partial charge is 0.414 e. The summed E-state index contributed by atoms with van der Waals surface area (Å²) >= 11 is 0. The normalized spacial score (nSPS) is 21.7. The summed E-state index contributed by atoms with van der Waals surface area (Å²) in [4.78, 5) is 16.2. The van der Waals surface area contributed by atoms with Crippen LogP contribution in [0.1, 0.15) is 11.1 Å². The second-order valence-electron chi connectivity index (χ2n) is 6.20. The number of amides is 1. The Bertz CT molecular complexity index is 561. The van der Waals surface area contributed by atoms with E-state index in [9.17, 15) is 4.79 Å². The highest BCUT2D eigenvalue weighted by molar-refractivity contribution is 5.90. The van der Waals surface area contributed by atoms with E-state index in [4.69, 9.17) is 9.47 Å². The lowest BCUT2D eigenvalue weighted by Gasteiger charge is -2.32. The predicted molar refractivity (Wildman–Crippen MR) is 90.5 cm³/mol. The summed E-state index contributed by atoms with van der Waals surface area (Å²) in [6, 6.07) is 4.17. The fourth-order valence-electron chi connectivity index (χ4n) is 3.44. The van der Waals surface area contributed by atoms with Crippen LogP contribution in [0.2, 0.25) is 0 Å². The van der Waals surface area contributed by atoms with Crippen LogP contribution < -0.4 is 15.1 Å². The van der Waals surface area contributed by atoms with Crippen LogP contribution in [0.5, 0.6) is 0 Å². The number of carbonyl (C=O) groups excluding carboxylic acids is 1. The van der Waals surface area contributed by atoms with Crippen molar-refractivity contribution in [3.05, 3.63) is 23.3 Å². The zero-order chi connectivity index (χ0) is 16.4. The Morgan fingerprint density at radius 1 is 1.22 bits per heavy atom. The number of cyclic esters (lactones) is 1. The molecule has 0 bridgehead atoms. The molecule has 0 unspecified atom stereocenters. The van der Waals surface area contributed by atoms with Crippen molar-refractivity contribution in [2.45, 2.75) is 20.0 Å². The molecule has 0 aromatic heterocycles. The van der Waals surface area contributed by atoms with Crippen LogP contribution in [0.25, 0.3) is 0 Å². The number of hydrogen-bond donors (Lipinski definition) is 1. The molecule has 2 saturated heterocycles. The zero-order valence-electron chi connectivity index (χ0n) is 14.1.